The van der Waals surface area contributed by atoms with E-state index in [1.807, 2.05) is 61.5 Å². The molecule has 0 radical (unpaired) electrons. The van der Waals surface area contributed by atoms with E-state index in [2.05, 4.69) is 25.7 Å². The summed E-state index contributed by atoms with van der Waals surface area (Å²) >= 11 is 0. The molecule has 0 saturated carbocycles. The van der Waals surface area contributed by atoms with Crippen LogP contribution in [0.1, 0.15) is 12.5 Å². The van der Waals surface area contributed by atoms with Crippen LogP contribution in [-0.2, 0) is 0 Å². The lowest BCUT2D eigenvalue weighted by molar-refractivity contribution is 0.208. The first-order chi connectivity index (χ1) is 13.6. The Balaban J connectivity index is 1.83. The quantitative estimate of drug-likeness (QED) is 0.477. The minimum absolute atomic E-state index is 0.356. The van der Waals surface area contributed by atoms with Gasteiger partial charge in [-0.1, -0.05) is 36.4 Å². The van der Waals surface area contributed by atoms with Gasteiger partial charge in [-0.05, 0) is 37.6 Å². The van der Waals surface area contributed by atoms with Gasteiger partial charge in [-0.15, -0.1) is 0 Å². The predicted molar refractivity (Wildman–Crippen MR) is 111 cm³/mol. The van der Waals surface area contributed by atoms with Gasteiger partial charge in [0.25, 0.3) is 0 Å². The van der Waals surface area contributed by atoms with Gasteiger partial charge in [0.05, 0.1) is 23.4 Å². The average molecular weight is 374 g/mol. The third kappa shape index (κ3) is 3.65. The normalized spacial score (nSPS) is 12.1. The van der Waals surface area contributed by atoms with Crippen molar-refractivity contribution in [3.8, 4) is 5.69 Å². The average Bonchev–Trinajstić information content (AvgIpc) is 3.13. The van der Waals surface area contributed by atoms with Gasteiger partial charge in [0, 0.05) is 12.2 Å². The molecule has 2 aromatic heterocycles. The molecule has 4 aromatic rings. The van der Waals surface area contributed by atoms with E-state index in [0.717, 1.165) is 22.3 Å². The maximum absolute atomic E-state index is 9.61. The number of rotatable bonds is 6. The summed E-state index contributed by atoms with van der Waals surface area (Å²) < 4.78 is 1.79. The second-order valence-electron chi connectivity index (χ2n) is 6.69. The minimum atomic E-state index is -0.508. The molecular formula is C21H22N6O. The van der Waals surface area contributed by atoms with Crippen LogP contribution in [0.15, 0.2) is 60.8 Å². The van der Waals surface area contributed by atoms with Gasteiger partial charge in [0.2, 0.25) is 5.95 Å². The van der Waals surface area contributed by atoms with Crippen molar-refractivity contribution in [2.45, 2.75) is 20.0 Å². The molecular weight excluding hydrogens is 352 g/mol. The van der Waals surface area contributed by atoms with Crippen molar-refractivity contribution < 1.29 is 5.11 Å². The molecule has 0 fully saturated rings. The van der Waals surface area contributed by atoms with Crippen LogP contribution in [0.4, 0.5) is 17.5 Å². The molecule has 28 heavy (non-hydrogen) atoms. The fourth-order valence-electron chi connectivity index (χ4n) is 2.92. The van der Waals surface area contributed by atoms with Crippen LogP contribution in [0.25, 0.3) is 16.7 Å². The lowest BCUT2D eigenvalue weighted by atomic mass is 10.2. The Kier molecular flexibility index (Phi) is 4.90. The Bertz CT molecular complexity index is 1090. The summed E-state index contributed by atoms with van der Waals surface area (Å²) in [6.07, 6.45) is 1.26. The number of aliphatic hydroxyl groups excluding tert-OH is 1. The molecule has 0 saturated heterocycles. The molecule has 0 aliphatic heterocycles. The van der Waals surface area contributed by atoms with Crippen molar-refractivity contribution in [1.29, 1.82) is 0 Å². The number of fused-ring (bicyclic) bond motifs is 1. The van der Waals surface area contributed by atoms with Gasteiger partial charge in [0.15, 0.2) is 5.65 Å². The van der Waals surface area contributed by atoms with Crippen LogP contribution in [-0.4, -0.2) is 37.5 Å². The molecule has 7 heteroatoms. The molecule has 0 aliphatic carbocycles. The van der Waals surface area contributed by atoms with E-state index in [9.17, 15) is 5.11 Å². The second kappa shape index (κ2) is 7.66. The first-order valence-electron chi connectivity index (χ1n) is 9.17. The number of nitrogens with one attached hydrogen (secondary N) is 2. The highest BCUT2D eigenvalue weighted by Gasteiger charge is 2.15. The zero-order valence-electron chi connectivity index (χ0n) is 15.8. The molecule has 0 spiro atoms. The van der Waals surface area contributed by atoms with Crippen molar-refractivity contribution in [2.24, 2.45) is 0 Å². The molecule has 4 rings (SSSR count). The molecule has 3 N–H and O–H groups in total. The van der Waals surface area contributed by atoms with Gasteiger partial charge in [-0.3, -0.25) is 0 Å². The number of hydrogen-bond donors (Lipinski definition) is 3. The number of para-hydroxylation sites is 2. The van der Waals surface area contributed by atoms with Crippen molar-refractivity contribution in [2.75, 3.05) is 17.2 Å². The Labute approximate surface area is 163 Å². The molecule has 2 aromatic carbocycles. The van der Waals surface area contributed by atoms with E-state index >= 15 is 0 Å². The summed E-state index contributed by atoms with van der Waals surface area (Å²) in [5.41, 5.74) is 3.68. The van der Waals surface area contributed by atoms with E-state index in [1.54, 1.807) is 17.8 Å². The zero-order valence-corrected chi connectivity index (χ0v) is 15.8. The summed E-state index contributed by atoms with van der Waals surface area (Å²) in [6, 6.07) is 17.9. The van der Waals surface area contributed by atoms with Gasteiger partial charge >= 0.3 is 0 Å². The first-order valence-corrected chi connectivity index (χ1v) is 9.17. The minimum Gasteiger partial charge on any atom is -0.392 e. The van der Waals surface area contributed by atoms with Gasteiger partial charge in [-0.25, -0.2) is 4.68 Å². The smallest absolute Gasteiger partial charge is 0.226 e. The van der Waals surface area contributed by atoms with E-state index < -0.39 is 6.10 Å². The Morgan fingerprint density at radius 1 is 1.04 bits per heavy atom. The standard InChI is InChI=1S/C21H22N6O/c1-14-8-6-7-11-18(14)24-19-17-13-23-27(16-9-4-3-5-10-16)20(17)26-21(25-19)22-12-15(2)28/h3-11,13,15,28H,12H2,1-2H3,(H2,22,24,25,26). The summed E-state index contributed by atoms with van der Waals surface area (Å²) in [5.74, 6) is 1.09. The lowest BCUT2D eigenvalue weighted by Gasteiger charge is -2.13. The molecule has 0 bridgehead atoms. The van der Waals surface area contributed by atoms with Crippen LogP contribution in [0.5, 0.6) is 0 Å². The number of benzene rings is 2. The number of nitrogens with zero attached hydrogens (tertiary/aromatic N) is 4. The van der Waals surface area contributed by atoms with Crippen molar-refractivity contribution in [1.82, 2.24) is 19.7 Å². The molecule has 1 unspecified atom stereocenters. The predicted octanol–water partition coefficient (Wildman–Crippen LogP) is 3.66. The number of anilines is 3. The largest absolute Gasteiger partial charge is 0.392 e. The highest BCUT2D eigenvalue weighted by atomic mass is 16.3. The molecule has 2 heterocycles. The van der Waals surface area contributed by atoms with Crippen LogP contribution in [0, 0.1) is 6.92 Å². The highest BCUT2D eigenvalue weighted by molar-refractivity contribution is 5.90. The fourth-order valence-corrected chi connectivity index (χ4v) is 2.92. The van der Waals surface area contributed by atoms with Crippen molar-refractivity contribution >= 4 is 28.5 Å². The molecule has 142 valence electrons. The Hall–Kier alpha value is -3.45. The Morgan fingerprint density at radius 3 is 2.54 bits per heavy atom. The van der Waals surface area contributed by atoms with Gasteiger partial charge in [0.1, 0.15) is 5.82 Å². The lowest BCUT2D eigenvalue weighted by Crippen LogP contribution is -2.17. The number of aromatic nitrogens is 4. The third-order valence-electron chi connectivity index (χ3n) is 4.38. The summed E-state index contributed by atoms with van der Waals surface area (Å²) in [5, 5.41) is 21.4. The summed E-state index contributed by atoms with van der Waals surface area (Å²) in [7, 11) is 0. The highest BCUT2D eigenvalue weighted by Crippen LogP contribution is 2.28. The molecule has 1 atom stereocenters. The number of aliphatic hydroxyl groups is 1. The number of hydrogen-bond acceptors (Lipinski definition) is 6. The monoisotopic (exact) mass is 374 g/mol. The van der Waals surface area contributed by atoms with Crippen LogP contribution in [0.2, 0.25) is 0 Å². The summed E-state index contributed by atoms with van der Waals surface area (Å²) in [6.45, 7) is 4.11. The van der Waals surface area contributed by atoms with Crippen LogP contribution < -0.4 is 10.6 Å². The van der Waals surface area contributed by atoms with Gasteiger partial charge < -0.3 is 15.7 Å². The number of aryl methyl sites for hydroxylation is 1. The van der Waals surface area contributed by atoms with E-state index in [0.29, 0.717) is 24.0 Å². The maximum Gasteiger partial charge on any atom is 0.226 e. The molecule has 7 nitrogen and oxygen atoms in total. The van der Waals surface area contributed by atoms with E-state index in [4.69, 9.17) is 0 Å². The van der Waals surface area contributed by atoms with Crippen LogP contribution in [0.3, 0.4) is 0 Å². The fraction of sp³-hybridized carbons (Fsp3) is 0.190. The SMILES string of the molecule is Cc1ccccc1Nc1nc(NCC(C)O)nc2c1cnn2-c1ccccc1. The second-order valence-corrected chi connectivity index (χ2v) is 6.69. The van der Waals surface area contributed by atoms with Crippen molar-refractivity contribution in [3.63, 3.8) is 0 Å². The third-order valence-corrected chi connectivity index (χ3v) is 4.38. The van der Waals surface area contributed by atoms with Crippen molar-refractivity contribution in [3.05, 3.63) is 66.4 Å². The molecule has 0 aliphatic rings. The maximum atomic E-state index is 9.61. The van der Waals surface area contributed by atoms with Crippen LogP contribution >= 0.6 is 0 Å². The topological polar surface area (TPSA) is 87.9 Å². The zero-order chi connectivity index (χ0) is 19.5. The first kappa shape index (κ1) is 17.9. The Morgan fingerprint density at radius 2 is 1.79 bits per heavy atom. The van der Waals surface area contributed by atoms with E-state index in [1.165, 1.54) is 0 Å². The van der Waals surface area contributed by atoms with Gasteiger partial charge in [-0.2, -0.15) is 15.1 Å². The van der Waals surface area contributed by atoms with E-state index in [-0.39, 0.29) is 0 Å². The molecule has 0 amide bonds. The summed E-state index contributed by atoms with van der Waals surface area (Å²) in [4.78, 5) is 9.25.